The summed E-state index contributed by atoms with van der Waals surface area (Å²) in [5.41, 5.74) is 2.62. The molecule has 1 aromatic carbocycles. The maximum atomic E-state index is 12.7. The van der Waals surface area contributed by atoms with Crippen LogP contribution in [0.5, 0.6) is 0 Å². The molecule has 0 aliphatic rings. The maximum absolute atomic E-state index is 12.7. The van der Waals surface area contributed by atoms with Crippen LogP contribution in [-0.2, 0) is 16.6 Å². The molecule has 5 nitrogen and oxygen atoms in total. The molecule has 21 heavy (non-hydrogen) atoms. The van der Waals surface area contributed by atoms with Crippen LogP contribution < -0.4 is 4.31 Å². The number of hydrogen-bond acceptors (Lipinski definition) is 3. The summed E-state index contributed by atoms with van der Waals surface area (Å²) < 4.78 is 28.6. The van der Waals surface area contributed by atoms with Crippen molar-refractivity contribution in [3.05, 3.63) is 41.3 Å². The minimum absolute atomic E-state index is 0.0882. The molecule has 2 aromatic rings. The molecule has 0 amide bonds. The molecule has 0 saturated carbocycles. The average molecular weight is 307 g/mol. The zero-order valence-corrected chi connectivity index (χ0v) is 13.9. The van der Waals surface area contributed by atoms with Gasteiger partial charge in [0.05, 0.1) is 5.69 Å². The number of hydrogen-bond donors (Lipinski definition) is 0. The van der Waals surface area contributed by atoms with Crippen LogP contribution in [0.4, 0.5) is 5.69 Å². The standard InChI is InChI=1S/C15H21N3O2S/c1-6-18-10-15(16-13(18)4)21(19,20)17(5)14-9-11(2)7-8-12(14)3/h7-10H,6H2,1-5H3. The van der Waals surface area contributed by atoms with Crippen molar-refractivity contribution in [3.8, 4) is 0 Å². The number of aryl methyl sites for hydroxylation is 4. The molecule has 0 N–H and O–H groups in total. The van der Waals surface area contributed by atoms with E-state index in [1.54, 1.807) is 20.2 Å². The first kappa shape index (κ1) is 15.6. The molecule has 0 aliphatic heterocycles. The predicted octanol–water partition coefficient (Wildman–Crippen LogP) is 2.65. The van der Waals surface area contributed by atoms with E-state index in [9.17, 15) is 8.42 Å². The van der Waals surface area contributed by atoms with Crippen LogP contribution in [0.15, 0.2) is 29.4 Å². The molecule has 0 bridgehead atoms. The zero-order chi connectivity index (χ0) is 15.8. The molecule has 2 rings (SSSR count). The summed E-state index contributed by atoms with van der Waals surface area (Å²) in [6.45, 7) is 8.30. The molecule has 0 unspecified atom stereocenters. The molecule has 0 aliphatic carbocycles. The van der Waals surface area contributed by atoms with Crippen molar-refractivity contribution < 1.29 is 8.42 Å². The van der Waals surface area contributed by atoms with Crippen molar-refractivity contribution in [1.82, 2.24) is 9.55 Å². The summed E-state index contributed by atoms with van der Waals surface area (Å²) in [5.74, 6) is 0.699. The number of anilines is 1. The Labute approximate surface area is 126 Å². The van der Waals surface area contributed by atoms with E-state index in [1.165, 1.54) is 4.31 Å². The van der Waals surface area contributed by atoms with Gasteiger partial charge in [-0.15, -0.1) is 0 Å². The lowest BCUT2D eigenvalue weighted by molar-refractivity contribution is 0.591. The number of benzene rings is 1. The van der Waals surface area contributed by atoms with Crippen molar-refractivity contribution in [2.24, 2.45) is 0 Å². The highest BCUT2D eigenvalue weighted by Gasteiger charge is 2.25. The first-order valence-corrected chi connectivity index (χ1v) is 8.31. The Kier molecular flexibility index (Phi) is 4.09. The van der Waals surface area contributed by atoms with E-state index >= 15 is 0 Å². The van der Waals surface area contributed by atoms with Gasteiger partial charge < -0.3 is 4.57 Å². The summed E-state index contributed by atoms with van der Waals surface area (Å²) in [5, 5.41) is 0.0882. The predicted molar refractivity (Wildman–Crippen MR) is 84.1 cm³/mol. The number of nitrogens with zero attached hydrogens (tertiary/aromatic N) is 3. The highest BCUT2D eigenvalue weighted by molar-refractivity contribution is 7.92. The molecule has 0 fully saturated rings. The summed E-state index contributed by atoms with van der Waals surface area (Å²) >= 11 is 0. The number of imidazole rings is 1. The van der Waals surface area contributed by atoms with Crippen molar-refractivity contribution in [2.75, 3.05) is 11.4 Å². The number of sulfonamides is 1. The molecule has 0 atom stereocenters. The van der Waals surface area contributed by atoms with Crippen LogP contribution in [0, 0.1) is 20.8 Å². The largest absolute Gasteiger partial charge is 0.334 e. The van der Waals surface area contributed by atoms with Crippen molar-refractivity contribution in [2.45, 2.75) is 39.3 Å². The van der Waals surface area contributed by atoms with Crippen LogP contribution in [0.3, 0.4) is 0 Å². The normalized spacial score (nSPS) is 11.7. The van der Waals surface area contributed by atoms with E-state index < -0.39 is 10.0 Å². The van der Waals surface area contributed by atoms with Crippen molar-refractivity contribution in [1.29, 1.82) is 0 Å². The molecular formula is C15H21N3O2S. The van der Waals surface area contributed by atoms with Crippen molar-refractivity contribution in [3.63, 3.8) is 0 Å². The second-order valence-electron chi connectivity index (χ2n) is 5.17. The fraction of sp³-hybridized carbons (Fsp3) is 0.400. The monoisotopic (exact) mass is 307 g/mol. The lowest BCUT2D eigenvalue weighted by atomic mass is 10.1. The third-order valence-electron chi connectivity index (χ3n) is 3.62. The lowest BCUT2D eigenvalue weighted by Crippen LogP contribution is -2.27. The maximum Gasteiger partial charge on any atom is 0.283 e. The number of aromatic nitrogens is 2. The first-order chi connectivity index (χ1) is 9.77. The molecule has 1 heterocycles. The Bertz CT molecular complexity index is 763. The van der Waals surface area contributed by atoms with E-state index in [2.05, 4.69) is 4.98 Å². The van der Waals surface area contributed by atoms with Crippen LogP contribution in [0.2, 0.25) is 0 Å². The summed E-state index contributed by atoms with van der Waals surface area (Å²) in [6, 6.07) is 5.76. The highest BCUT2D eigenvalue weighted by Crippen LogP contribution is 2.26. The van der Waals surface area contributed by atoms with Crippen molar-refractivity contribution >= 4 is 15.7 Å². The second-order valence-corrected chi connectivity index (χ2v) is 7.09. The fourth-order valence-corrected chi connectivity index (χ4v) is 3.50. The summed E-state index contributed by atoms with van der Waals surface area (Å²) in [4.78, 5) is 4.19. The van der Waals surface area contributed by atoms with Gasteiger partial charge in [0, 0.05) is 19.8 Å². The van der Waals surface area contributed by atoms with Gasteiger partial charge in [-0.25, -0.2) is 4.98 Å². The third kappa shape index (κ3) is 2.81. The van der Waals surface area contributed by atoms with E-state index in [0.29, 0.717) is 18.1 Å². The Morgan fingerprint density at radius 1 is 1.24 bits per heavy atom. The summed E-state index contributed by atoms with van der Waals surface area (Å²) in [7, 11) is -2.07. The van der Waals surface area contributed by atoms with Crippen LogP contribution >= 0.6 is 0 Å². The quantitative estimate of drug-likeness (QED) is 0.872. The van der Waals surface area contributed by atoms with Crippen LogP contribution in [-0.4, -0.2) is 25.0 Å². The van der Waals surface area contributed by atoms with Gasteiger partial charge in [-0.1, -0.05) is 12.1 Å². The molecule has 0 spiro atoms. The van der Waals surface area contributed by atoms with Crippen LogP contribution in [0.25, 0.3) is 0 Å². The van der Waals surface area contributed by atoms with Gasteiger partial charge in [0.2, 0.25) is 0 Å². The van der Waals surface area contributed by atoms with Gasteiger partial charge in [0.1, 0.15) is 5.82 Å². The third-order valence-corrected chi connectivity index (χ3v) is 5.27. The smallest absolute Gasteiger partial charge is 0.283 e. The molecule has 1 aromatic heterocycles. The average Bonchev–Trinajstić information content (AvgIpc) is 2.82. The Morgan fingerprint density at radius 2 is 1.90 bits per heavy atom. The molecule has 0 radical (unpaired) electrons. The van der Waals surface area contributed by atoms with Gasteiger partial charge in [0.25, 0.3) is 10.0 Å². The van der Waals surface area contributed by atoms with E-state index in [0.717, 1.165) is 11.1 Å². The molecule has 0 saturated heterocycles. The van der Waals surface area contributed by atoms with E-state index in [-0.39, 0.29) is 5.03 Å². The van der Waals surface area contributed by atoms with E-state index in [1.807, 2.05) is 43.5 Å². The lowest BCUT2D eigenvalue weighted by Gasteiger charge is -2.20. The minimum atomic E-state index is -3.64. The Morgan fingerprint density at radius 3 is 2.48 bits per heavy atom. The Balaban J connectivity index is 2.49. The van der Waals surface area contributed by atoms with Gasteiger partial charge in [0.15, 0.2) is 5.03 Å². The molecular weight excluding hydrogens is 286 g/mol. The second kappa shape index (κ2) is 5.52. The SMILES string of the molecule is CCn1cc(S(=O)(=O)N(C)c2cc(C)ccc2C)nc1C. The number of rotatable bonds is 4. The highest BCUT2D eigenvalue weighted by atomic mass is 32.2. The first-order valence-electron chi connectivity index (χ1n) is 6.87. The van der Waals surface area contributed by atoms with Gasteiger partial charge in [-0.2, -0.15) is 8.42 Å². The molecule has 114 valence electrons. The minimum Gasteiger partial charge on any atom is -0.334 e. The zero-order valence-electron chi connectivity index (χ0n) is 13.1. The van der Waals surface area contributed by atoms with E-state index in [4.69, 9.17) is 0 Å². The van der Waals surface area contributed by atoms with Gasteiger partial charge >= 0.3 is 0 Å². The van der Waals surface area contributed by atoms with Gasteiger partial charge in [-0.3, -0.25) is 4.31 Å². The van der Waals surface area contributed by atoms with Crippen LogP contribution in [0.1, 0.15) is 23.9 Å². The summed E-state index contributed by atoms with van der Waals surface area (Å²) in [6.07, 6.45) is 1.59. The van der Waals surface area contributed by atoms with Gasteiger partial charge in [-0.05, 0) is 44.9 Å². The molecule has 6 heteroatoms. The Hall–Kier alpha value is -1.82. The topological polar surface area (TPSA) is 55.2 Å². The fourth-order valence-electron chi connectivity index (χ4n) is 2.25.